The van der Waals surface area contributed by atoms with Crippen molar-refractivity contribution in [2.75, 3.05) is 20.8 Å². The number of rotatable bonds is 7. The van der Waals surface area contributed by atoms with Crippen molar-refractivity contribution in [3.05, 3.63) is 28.2 Å². The molecule has 0 heterocycles. The Morgan fingerprint density at radius 2 is 2.00 bits per heavy atom. The van der Waals surface area contributed by atoms with Crippen LogP contribution in [0.2, 0.25) is 0 Å². The van der Waals surface area contributed by atoms with Crippen molar-refractivity contribution in [1.29, 1.82) is 0 Å². The van der Waals surface area contributed by atoms with Gasteiger partial charge < -0.3 is 14.8 Å². The molecule has 3 nitrogen and oxygen atoms in total. The van der Waals surface area contributed by atoms with Gasteiger partial charge in [0, 0.05) is 11.6 Å². The fourth-order valence-corrected chi connectivity index (χ4v) is 2.65. The van der Waals surface area contributed by atoms with Gasteiger partial charge in [0.25, 0.3) is 0 Å². The van der Waals surface area contributed by atoms with E-state index in [0.717, 1.165) is 34.5 Å². The summed E-state index contributed by atoms with van der Waals surface area (Å²) >= 11 is 3.53. The fourth-order valence-electron chi connectivity index (χ4n) is 1.98. The summed E-state index contributed by atoms with van der Waals surface area (Å²) in [6.07, 6.45) is 3.23. The summed E-state index contributed by atoms with van der Waals surface area (Å²) in [7, 11) is 3.33. The quantitative estimate of drug-likeness (QED) is 0.751. The molecule has 0 aliphatic carbocycles. The van der Waals surface area contributed by atoms with E-state index in [9.17, 15) is 0 Å². The third-order valence-corrected chi connectivity index (χ3v) is 3.81. The molecule has 0 amide bonds. The first-order valence-corrected chi connectivity index (χ1v) is 7.61. The first-order chi connectivity index (χ1) is 9.51. The highest BCUT2D eigenvalue weighted by molar-refractivity contribution is 9.10. The molecule has 0 aliphatic heterocycles. The minimum absolute atomic E-state index is 0.522. The molecule has 0 atom stereocenters. The van der Waals surface area contributed by atoms with Crippen LogP contribution in [0, 0.1) is 0 Å². The van der Waals surface area contributed by atoms with Crippen molar-refractivity contribution in [2.24, 2.45) is 0 Å². The standard InChI is InChI=1S/C16H24BrNO2/c1-11(2)18-10-6-7-12(3)13-8-9-14(19-4)15(17)16(13)20-5/h7-9,11,18H,6,10H2,1-5H3/b12-7+. The lowest BCUT2D eigenvalue weighted by atomic mass is 10.0. The molecule has 0 fully saturated rings. The Bertz CT molecular complexity index is 470. The number of benzene rings is 1. The Hall–Kier alpha value is -1.00. The van der Waals surface area contributed by atoms with E-state index in [1.165, 1.54) is 5.57 Å². The monoisotopic (exact) mass is 341 g/mol. The third-order valence-electron chi connectivity index (χ3n) is 3.06. The lowest BCUT2D eigenvalue weighted by Gasteiger charge is -2.14. The van der Waals surface area contributed by atoms with E-state index < -0.39 is 0 Å². The molecule has 0 bridgehead atoms. The summed E-state index contributed by atoms with van der Waals surface area (Å²) in [5.41, 5.74) is 2.29. The number of hydrogen-bond acceptors (Lipinski definition) is 3. The molecule has 0 spiro atoms. The van der Waals surface area contributed by atoms with E-state index in [4.69, 9.17) is 9.47 Å². The Morgan fingerprint density at radius 3 is 2.55 bits per heavy atom. The van der Waals surface area contributed by atoms with Gasteiger partial charge in [0.1, 0.15) is 16.0 Å². The predicted octanol–water partition coefficient (Wildman–Crippen LogP) is 4.26. The van der Waals surface area contributed by atoms with Gasteiger partial charge in [-0.2, -0.15) is 0 Å². The van der Waals surface area contributed by atoms with Gasteiger partial charge in [0.15, 0.2) is 0 Å². The summed E-state index contributed by atoms with van der Waals surface area (Å²) in [5.74, 6) is 1.59. The summed E-state index contributed by atoms with van der Waals surface area (Å²) in [6.45, 7) is 7.39. The molecule has 0 unspecified atom stereocenters. The topological polar surface area (TPSA) is 30.5 Å². The van der Waals surface area contributed by atoms with E-state index in [0.29, 0.717) is 6.04 Å². The normalized spacial score (nSPS) is 11.8. The van der Waals surface area contributed by atoms with Gasteiger partial charge in [0.05, 0.1) is 14.2 Å². The van der Waals surface area contributed by atoms with Gasteiger partial charge in [-0.1, -0.05) is 19.9 Å². The molecule has 4 heteroatoms. The van der Waals surface area contributed by atoms with Gasteiger partial charge in [-0.3, -0.25) is 0 Å². The molecular formula is C16H24BrNO2. The minimum atomic E-state index is 0.522. The second-order valence-electron chi connectivity index (χ2n) is 4.95. The summed E-state index contributed by atoms with van der Waals surface area (Å²) < 4.78 is 11.6. The number of allylic oxidation sites excluding steroid dienone is 1. The van der Waals surface area contributed by atoms with Gasteiger partial charge in [-0.15, -0.1) is 0 Å². The first-order valence-electron chi connectivity index (χ1n) is 6.82. The zero-order valence-corrected chi connectivity index (χ0v) is 14.5. The number of nitrogens with one attached hydrogen (secondary N) is 1. The predicted molar refractivity (Wildman–Crippen MR) is 88.7 cm³/mol. The summed E-state index contributed by atoms with van der Waals surface area (Å²) in [6, 6.07) is 4.50. The molecular weight excluding hydrogens is 318 g/mol. The average molecular weight is 342 g/mol. The van der Waals surface area contributed by atoms with Crippen molar-refractivity contribution in [3.8, 4) is 11.5 Å². The van der Waals surface area contributed by atoms with Crippen LogP contribution in [0.5, 0.6) is 11.5 Å². The average Bonchev–Trinajstić information content (AvgIpc) is 2.42. The van der Waals surface area contributed by atoms with E-state index in [1.54, 1.807) is 14.2 Å². The van der Waals surface area contributed by atoms with Crippen LogP contribution in [-0.2, 0) is 0 Å². The van der Waals surface area contributed by atoms with Crippen LogP contribution in [0.15, 0.2) is 22.7 Å². The van der Waals surface area contributed by atoms with Crippen LogP contribution in [0.4, 0.5) is 0 Å². The first kappa shape index (κ1) is 17.1. The highest BCUT2D eigenvalue weighted by Crippen LogP contribution is 2.39. The minimum Gasteiger partial charge on any atom is -0.495 e. The molecule has 1 aromatic rings. The molecule has 1 rings (SSSR count). The van der Waals surface area contributed by atoms with E-state index in [-0.39, 0.29) is 0 Å². The lowest BCUT2D eigenvalue weighted by molar-refractivity contribution is 0.388. The maximum atomic E-state index is 5.50. The van der Waals surface area contributed by atoms with Gasteiger partial charge in [-0.25, -0.2) is 0 Å². The SMILES string of the molecule is COc1ccc(/C(C)=C/CCNC(C)C)c(OC)c1Br. The lowest BCUT2D eigenvalue weighted by Crippen LogP contribution is -2.23. The van der Waals surface area contributed by atoms with Crippen LogP contribution in [-0.4, -0.2) is 26.8 Å². The van der Waals surface area contributed by atoms with E-state index in [1.807, 2.05) is 12.1 Å². The van der Waals surface area contributed by atoms with E-state index >= 15 is 0 Å². The van der Waals surface area contributed by atoms with Gasteiger partial charge >= 0.3 is 0 Å². The number of hydrogen-bond donors (Lipinski definition) is 1. The van der Waals surface area contributed by atoms with Gasteiger partial charge in [-0.05, 0) is 53.5 Å². The molecule has 112 valence electrons. The Labute approximate surface area is 130 Å². The van der Waals surface area contributed by atoms with Crippen molar-refractivity contribution >= 4 is 21.5 Å². The van der Waals surface area contributed by atoms with Crippen molar-refractivity contribution in [3.63, 3.8) is 0 Å². The second kappa shape index (κ2) is 8.32. The van der Waals surface area contributed by atoms with Crippen molar-refractivity contribution in [1.82, 2.24) is 5.32 Å². The Kier molecular flexibility index (Phi) is 7.10. The molecule has 0 aromatic heterocycles. The van der Waals surface area contributed by atoms with Gasteiger partial charge in [0.2, 0.25) is 0 Å². The maximum Gasteiger partial charge on any atom is 0.144 e. The number of halogens is 1. The molecule has 1 aromatic carbocycles. The van der Waals surface area contributed by atoms with Crippen LogP contribution in [0.3, 0.4) is 0 Å². The largest absolute Gasteiger partial charge is 0.495 e. The van der Waals surface area contributed by atoms with E-state index in [2.05, 4.69) is 48.1 Å². The third kappa shape index (κ3) is 4.53. The van der Waals surface area contributed by atoms with Crippen molar-refractivity contribution < 1.29 is 9.47 Å². The second-order valence-corrected chi connectivity index (χ2v) is 5.74. The fraction of sp³-hybridized carbons (Fsp3) is 0.500. The Morgan fingerprint density at radius 1 is 1.30 bits per heavy atom. The summed E-state index contributed by atoms with van der Waals surface area (Å²) in [5, 5.41) is 3.41. The zero-order chi connectivity index (χ0) is 15.1. The number of methoxy groups -OCH3 is 2. The van der Waals surface area contributed by atoms with Crippen molar-refractivity contribution in [2.45, 2.75) is 33.2 Å². The summed E-state index contributed by atoms with van der Waals surface area (Å²) in [4.78, 5) is 0. The highest BCUT2D eigenvalue weighted by atomic mass is 79.9. The zero-order valence-electron chi connectivity index (χ0n) is 12.9. The van der Waals surface area contributed by atoms with Crippen LogP contribution in [0.25, 0.3) is 5.57 Å². The maximum absolute atomic E-state index is 5.50. The molecule has 0 saturated carbocycles. The molecule has 0 aliphatic rings. The molecule has 1 N–H and O–H groups in total. The molecule has 0 saturated heterocycles. The number of ether oxygens (including phenoxy) is 2. The van der Waals surface area contributed by atoms with Crippen LogP contribution < -0.4 is 14.8 Å². The van der Waals surface area contributed by atoms with Crippen LogP contribution >= 0.6 is 15.9 Å². The molecule has 20 heavy (non-hydrogen) atoms. The van der Waals surface area contributed by atoms with Crippen LogP contribution in [0.1, 0.15) is 32.8 Å². The highest BCUT2D eigenvalue weighted by Gasteiger charge is 2.13. The molecule has 0 radical (unpaired) electrons. The Balaban J connectivity index is 2.89. The smallest absolute Gasteiger partial charge is 0.144 e.